The molecule has 0 unspecified atom stereocenters. The largest absolute Gasteiger partial charge is 0.338 e. The molecule has 110 valence electrons. The van der Waals surface area contributed by atoms with Crippen LogP contribution >= 0.6 is 10.7 Å². The molecule has 6 nitrogen and oxygen atoms in total. The minimum absolute atomic E-state index is 0.0188. The lowest BCUT2D eigenvalue weighted by molar-refractivity contribution is 0.607. The van der Waals surface area contributed by atoms with Crippen molar-refractivity contribution in [2.24, 2.45) is 7.05 Å². The number of aromatic nitrogens is 4. The summed E-state index contributed by atoms with van der Waals surface area (Å²) in [6.45, 7) is 0.253. The summed E-state index contributed by atoms with van der Waals surface area (Å²) in [5.74, 6) is -0.0295. The quantitative estimate of drug-likeness (QED) is 0.688. The number of rotatable bonds is 3. The van der Waals surface area contributed by atoms with Crippen LogP contribution in [0.2, 0.25) is 0 Å². The lowest BCUT2D eigenvalue weighted by Gasteiger charge is -2.04. The van der Waals surface area contributed by atoms with Crippen molar-refractivity contribution in [3.8, 4) is 0 Å². The molecule has 0 spiro atoms. The average Bonchev–Trinajstić information content (AvgIpc) is 2.96. The van der Waals surface area contributed by atoms with Crippen LogP contribution in [0.4, 0.5) is 4.39 Å². The van der Waals surface area contributed by atoms with Gasteiger partial charge in [0, 0.05) is 23.9 Å². The van der Waals surface area contributed by atoms with Crippen molar-refractivity contribution in [1.82, 2.24) is 19.3 Å². The standard InChI is InChI=1S/C12H10ClFN4O2S/c1-17-7-15-16-11(17)6-18-5-10(21(13,19)20)12-8(14)3-2-4-9(12)18/h2-5,7H,6H2,1H3. The van der Waals surface area contributed by atoms with Gasteiger partial charge in [-0.3, -0.25) is 0 Å². The van der Waals surface area contributed by atoms with Crippen LogP contribution in [0.1, 0.15) is 5.82 Å². The summed E-state index contributed by atoms with van der Waals surface area (Å²) in [6.07, 6.45) is 2.84. The van der Waals surface area contributed by atoms with Gasteiger partial charge in [-0.05, 0) is 12.1 Å². The van der Waals surface area contributed by atoms with Gasteiger partial charge in [-0.2, -0.15) is 0 Å². The molecule has 3 rings (SSSR count). The highest BCUT2D eigenvalue weighted by molar-refractivity contribution is 8.14. The molecule has 2 heterocycles. The molecule has 9 heteroatoms. The van der Waals surface area contributed by atoms with E-state index in [1.165, 1.54) is 24.7 Å². The first kappa shape index (κ1) is 14.0. The predicted octanol–water partition coefficient (Wildman–Crippen LogP) is 1.88. The fourth-order valence-corrected chi connectivity index (χ4v) is 3.24. The van der Waals surface area contributed by atoms with Gasteiger partial charge in [0.25, 0.3) is 9.05 Å². The molecule has 0 aliphatic rings. The summed E-state index contributed by atoms with van der Waals surface area (Å²) >= 11 is 0. The molecule has 0 saturated heterocycles. The Bertz CT molecular complexity index is 932. The van der Waals surface area contributed by atoms with E-state index < -0.39 is 14.9 Å². The Balaban J connectivity index is 2.25. The Labute approximate surface area is 124 Å². The molecule has 0 saturated carbocycles. The number of benzene rings is 1. The maximum Gasteiger partial charge on any atom is 0.263 e. The second-order valence-electron chi connectivity index (χ2n) is 4.55. The fraction of sp³-hybridized carbons (Fsp3) is 0.167. The van der Waals surface area contributed by atoms with Crippen LogP contribution < -0.4 is 0 Å². The van der Waals surface area contributed by atoms with Gasteiger partial charge in [0.2, 0.25) is 0 Å². The molecule has 0 N–H and O–H groups in total. The summed E-state index contributed by atoms with van der Waals surface area (Å²) in [5.41, 5.74) is 0.428. The molecule has 21 heavy (non-hydrogen) atoms. The van der Waals surface area contributed by atoms with Crippen molar-refractivity contribution in [2.75, 3.05) is 0 Å². The fourth-order valence-electron chi connectivity index (χ4n) is 2.19. The Morgan fingerprint density at radius 3 is 2.76 bits per heavy atom. The first-order valence-electron chi connectivity index (χ1n) is 5.93. The number of hydrogen-bond donors (Lipinski definition) is 0. The molecule has 0 aliphatic carbocycles. The zero-order valence-corrected chi connectivity index (χ0v) is 12.4. The number of nitrogens with zero attached hydrogens (tertiary/aromatic N) is 4. The number of hydrogen-bond acceptors (Lipinski definition) is 4. The van der Waals surface area contributed by atoms with Gasteiger partial charge < -0.3 is 9.13 Å². The van der Waals surface area contributed by atoms with E-state index in [-0.39, 0.29) is 16.8 Å². The molecule has 0 fully saturated rings. The van der Waals surface area contributed by atoms with Gasteiger partial charge in [0.15, 0.2) is 5.82 Å². The third-order valence-electron chi connectivity index (χ3n) is 3.20. The van der Waals surface area contributed by atoms with Gasteiger partial charge in [0.1, 0.15) is 17.0 Å². The molecule has 2 aromatic heterocycles. The summed E-state index contributed by atoms with van der Waals surface area (Å²) in [7, 11) is 3.11. The maximum atomic E-state index is 14.0. The molecule has 1 aromatic carbocycles. The minimum Gasteiger partial charge on any atom is -0.338 e. The SMILES string of the molecule is Cn1cnnc1Cn1cc(S(=O)(=O)Cl)c2c(F)cccc21. The highest BCUT2D eigenvalue weighted by Crippen LogP contribution is 2.30. The number of halogens is 2. The van der Waals surface area contributed by atoms with E-state index in [4.69, 9.17) is 10.7 Å². The molecule has 0 bridgehead atoms. The van der Waals surface area contributed by atoms with Gasteiger partial charge in [-0.15, -0.1) is 10.2 Å². The summed E-state index contributed by atoms with van der Waals surface area (Å²) in [6, 6.07) is 4.33. The zero-order chi connectivity index (χ0) is 15.2. The van der Waals surface area contributed by atoms with Gasteiger partial charge in [0.05, 0.1) is 17.4 Å². The van der Waals surface area contributed by atoms with E-state index in [1.807, 2.05) is 0 Å². The summed E-state index contributed by atoms with van der Waals surface area (Å²) in [5, 5.41) is 7.66. The average molecular weight is 329 g/mol. The van der Waals surface area contributed by atoms with Crippen molar-refractivity contribution in [1.29, 1.82) is 0 Å². The van der Waals surface area contributed by atoms with Gasteiger partial charge in [-0.1, -0.05) is 6.07 Å². The second-order valence-corrected chi connectivity index (χ2v) is 7.09. The lowest BCUT2D eigenvalue weighted by atomic mass is 10.2. The second kappa shape index (κ2) is 4.81. The van der Waals surface area contributed by atoms with Crippen LogP contribution in [-0.2, 0) is 22.6 Å². The molecular formula is C12H10ClFN4O2S. The van der Waals surface area contributed by atoms with E-state index in [0.29, 0.717) is 11.3 Å². The van der Waals surface area contributed by atoms with Gasteiger partial charge >= 0.3 is 0 Å². The van der Waals surface area contributed by atoms with Crippen molar-refractivity contribution in [3.05, 3.63) is 42.4 Å². The van der Waals surface area contributed by atoms with E-state index in [9.17, 15) is 12.8 Å². The van der Waals surface area contributed by atoms with Gasteiger partial charge in [-0.25, -0.2) is 12.8 Å². The lowest BCUT2D eigenvalue weighted by Crippen LogP contribution is -2.04. The Hall–Kier alpha value is -1.93. The number of aryl methyl sites for hydroxylation is 1. The highest BCUT2D eigenvalue weighted by atomic mass is 35.7. The van der Waals surface area contributed by atoms with Crippen molar-refractivity contribution >= 4 is 30.6 Å². The van der Waals surface area contributed by atoms with E-state index in [1.54, 1.807) is 22.2 Å². The molecular weight excluding hydrogens is 319 g/mol. The first-order valence-corrected chi connectivity index (χ1v) is 8.24. The third kappa shape index (κ3) is 2.40. The Morgan fingerprint density at radius 2 is 2.14 bits per heavy atom. The Kier molecular flexibility index (Phi) is 3.22. The van der Waals surface area contributed by atoms with Crippen LogP contribution in [-0.4, -0.2) is 27.7 Å². The van der Waals surface area contributed by atoms with Crippen LogP contribution in [0.15, 0.2) is 35.6 Å². The molecule has 0 amide bonds. The molecule has 0 radical (unpaired) electrons. The minimum atomic E-state index is -4.05. The highest BCUT2D eigenvalue weighted by Gasteiger charge is 2.22. The smallest absolute Gasteiger partial charge is 0.263 e. The Morgan fingerprint density at radius 1 is 1.38 bits per heavy atom. The van der Waals surface area contributed by atoms with Crippen LogP contribution in [0.3, 0.4) is 0 Å². The third-order valence-corrected chi connectivity index (χ3v) is 4.53. The normalized spacial score (nSPS) is 12.1. The van der Waals surface area contributed by atoms with E-state index in [0.717, 1.165) is 0 Å². The predicted molar refractivity (Wildman–Crippen MR) is 75.0 cm³/mol. The van der Waals surface area contributed by atoms with Crippen LogP contribution in [0, 0.1) is 5.82 Å². The number of fused-ring (bicyclic) bond motifs is 1. The van der Waals surface area contributed by atoms with Crippen LogP contribution in [0.25, 0.3) is 10.9 Å². The van der Waals surface area contributed by atoms with E-state index in [2.05, 4.69) is 10.2 Å². The molecule has 0 aliphatic heterocycles. The van der Waals surface area contributed by atoms with Crippen molar-refractivity contribution in [3.63, 3.8) is 0 Å². The molecule has 0 atom stereocenters. The van der Waals surface area contributed by atoms with E-state index >= 15 is 0 Å². The van der Waals surface area contributed by atoms with Crippen molar-refractivity contribution < 1.29 is 12.8 Å². The molecule has 3 aromatic rings. The van der Waals surface area contributed by atoms with Crippen LogP contribution in [0.5, 0.6) is 0 Å². The zero-order valence-electron chi connectivity index (χ0n) is 10.9. The summed E-state index contributed by atoms with van der Waals surface area (Å²) in [4.78, 5) is -0.251. The maximum absolute atomic E-state index is 14.0. The monoisotopic (exact) mass is 328 g/mol. The van der Waals surface area contributed by atoms with Crippen molar-refractivity contribution in [2.45, 2.75) is 11.4 Å². The summed E-state index contributed by atoms with van der Waals surface area (Å²) < 4.78 is 40.5. The topological polar surface area (TPSA) is 69.8 Å². The first-order chi connectivity index (χ1) is 9.88.